The molecule has 1 fully saturated rings. The lowest BCUT2D eigenvalue weighted by molar-refractivity contribution is 0.220. The highest BCUT2D eigenvalue weighted by Crippen LogP contribution is 2.41. The molecule has 0 spiro atoms. The summed E-state index contributed by atoms with van der Waals surface area (Å²) < 4.78 is 0. The SMILES string of the molecule is Cc1nc(C2CCC(C)(C)CC2)nc(Cl)c1C. The van der Waals surface area contributed by atoms with Crippen molar-refractivity contribution >= 4 is 11.6 Å². The second-order valence-corrected chi connectivity index (χ2v) is 6.38. The Morgan fingerprint density at radius 2 is 1.71 bits per heavy atom. The van der Waals surface area contributed by atoms with Gasteiger partial charge < -0.3 is 0 Å². The third kappa shape index (κ3) is 2.79. The van der Waals surface area contributed by atoms with Crippen molar-refractivity contribution in [3.05, 3.63) is 22.2 Å². The summed E-state index contributed by atoms with van der Waals surface area (Å²) in [4.78, 5) is 9.07. The fourth-order valence-electron chi connectivity index (χ4n) is 2.45. The van der Waals surface area contributed by atoms with Crippen LogP contribution in [0.5, 0.6) is 0 Å². The van der Waals surface area contributed by atoms with E-state index in [0.717, 1.165) is 17.1 Å². The maximum absolute atomic E-state index is 6.14. The van der Waals surface area contributed by atoms with Gasteiger partial charge in [0.15, 0.2) is 0 Å². The minimum atomic E-state index is 0.486. The number of hydrogen-bond acceptors (Lipinski definition) is 2. The van der Waals surface area contributed by atoms with Crippen LogP contribution in [-0.4, -0.2) is 9.97 Å². The lowest BCUT2D eigenvalue weighted by Crippen LogP contribution is -2.21. The Morgan fingerprint density at radius 1 is 1.12 bits per heavy atom. The van der Waals surface area contributed by atoms with E-state index in [4.69, 9.17) is 11.6 Å². The number of aromatic nitrogens is 2. The predicted octanol–water partition coefficient (Wildman–Crippen LogP) is 4.43. The van der Waals surface area contributed by atoms with Crippen LogP contribution in [0, 0.1) is 19.3 Å². The molecule has 0 N–H and O–H groups in total. The van der Waals surface area contributed by atoms with Crippen LogP contribution in [0.25, 0.3) is 0 Å². The van der Waals surface area contributed by atoms with E-state index in [2.05, 4.69) is 23.8 Å². The molecule has 17 heavy (non-hydrogen) atoms. The highest BCUT2D eigenvalue weighted by Gasteiger charge is 2.29. The largest absolute Gasteiger partial charge is 0.238 e. The van der Waals surface area contributed by atoms with Gasteiger partial charge in [-0.3, -0.25) is 0 Å². The molecule has 1 aromatic rings. The zero-order valence-corrected chi connectivity index (χ0v) is 11.9. The first kappa shape index (κ1) is 12.8. The molecule has 1 saturated carbocycles. The number of nitrogens with zero attached hydrogens (tertiary/aromatic N) is 2. The first-order valence-corrected chi connectivity index (χ1v) is 6.77. The molecule has 2 rings (SSSR count). The smallest absolute Gasteiger partial charge is 0.135 e. The molecule has 2 nitrogen and oxygen atoms in total. The highest BCUT2D eigenvalue weighted by molar-refractivity contribution is 6.30. The molecule has 0 aliphatic heterocycles. The fourth-order valence-corrected chi connectivity index (χ4v) is 2.68. The van der Waals surface area contributed by atoms with Crippen molar-refractivity contribution < 1.29 is 0 Å². The molecule has 0 radical (unpaired) electrons. The van der Waals surface area contributed by atoms with Gasteiger partial charge in [0.05, 0.1) is 0 Å². The molecule has 0 atom stereocenters. The molecule has 3 heteroatoms. The van der Waals surface area contributed by atoms with Gasteiger partial charge in [-0.05, 0) is 44.9 Å². The van der Waals surface area contributed by atoms with Crippen molar-refractivity contribution in [1.29, 1.82) is 0 Å². The fraction of sp³-hybridized carbons (Fsp3) is 0.714. The summed E-state index contributed by atoms with van der Waals surface area (Å²) in [5.74, 6) is 1.45. The maximum atomic E-state index is 6.14. The lowest BCUT2D eigenvalue weighted by atomic mass is 9.73. The molecular weight excluding hydrogens is 232 g/mol. The average molecular weight is 253 g/mol. The highest BCUT2D eigenvalue weighted by atomic mass is 35.5. The quantitative estimate of drug-likeness (QED) is 0.691. The van der Waals surface area contributed by atoms with Crippen molar-refractivity contribution in [2.24, 2.45) is 5.41 Å². The van der Waals surface area contributed by atoms with Crippen LogP contribution < -0.4 is 0 Å². The van der Waals surface area contributed by atoms with Crippen LogP contribution in [0.15, 0.2) is 0 Å². The summed E-state index contributed by atoms with van der Waals surface area (Å²) in [5.41, 5.74) is 2.51. The van der Waals surface area contributed by atoms with Crippen LogP contribution in [0.2, 0.25) is 5.15 Å². The Kier molecular flexibility index (Phi) is 3.44. The van der Waals surface area contributed by atoms with Crippen molar-refractivity contribution in [2.45, 2.75) is 59.3 Å². The summed E-state index contributed by atoms with van der Waals surface area (Å²) >= 11 is 6.14. The van der Waals surface area contributed by atoms with Gasteiger partial charge in [-0.1, -0.05) is 25.4 Å². The van der Waals surface area contributed by atoms with Crippen molar-refractivity contribution in [3.63, 3.8) is 0 Å². The van der Waals surface area contributed by atoms with Crippen molar-refractivity contribution in [2.75, 3.05) is 0 Å². The van der Waals surface area contributed by atoms with Crippen LogP contribution in [0.1, 0.15) is 62.5 Å². The molecule has 0 unspecified atom stereocenters. The van der Waals surface area contributed by atoms with Gasteiger partial charge in [-0.15, -0.1) is 0 Å². The Balaban J connectivity index is 2.19. The molecule has 1 aliphatic carbocycles. The van der Waals surface area contributed by atoms with Crippen molar-refractivity contribution in [3.8, 4) is 0 Å². The Labute approximate surface area is 109 Å². The third-order valence-corrected chi connectivity index (χ3v) is 4.42. The monoisotopic (exact) mass is 252 g/mol. The van der Waals surface area contributed by atoms with Gasteiger partial charge in [0, 0.05) is 17.2 Å². The summed E-state index contributed by atoms with van der Waals surface area (Å²) in [7, 11) is 0. The molecule has 0 amide bonds. The van der Waals surface area contributed by atoms with Crippen LogP contribution >= 0.6 is 11.6 Å². The first-order chi connectivity index (χ1) is 7.89. The topological polar surface area (TPSA) is 25.8 Å². The van der Waals surface area contributed by atoms with E-state index < -0.39 is 0 Å². The van der Waals surface area contributed by atoms with Gasteiger partial charge in [0.2, 0.25) is 0 Å². The lowest BCUT2D eigenvalue weighted by Gasteiger charge is -2.33. The average Bonchev–Trinajstić information content (AvgIpc) is 2.25. The van der Waals surface area contributed by atoms with E-state index in [0.29, 0.717) is 16.5 Å². The van der Waals surface area contributed by atoms with E-state index in [1.165, 1.54) is 25.7 Å². The molecular formula is C14H21ClN2. The Bertz CT molecular complexity index is 393. The number of rotatable bonds is 1. The first-order valence-electron chi connectivity index (χ1n) is 6.40. The minimum absolute atomic E-state index is 0.486. The number of hydrogen-bond donors (Lipinski definition) is 0. The standard InChI is InChI=1S/C14H21ClN2/c1-9-10(2)16-13(17-12(9)15)11-5-7-14(3,4)8-6-11/h11H,5-8H2,1-4H3. The van der Waals surface area contributed by atoms with E-state index in [-0.39, 0.29) is 0 Å². The van der Waals surface area contributed by atoms with E-state index >= 15 is 0 Å². The summed E-state index contributed by atoms with van der Waals surface area (Å²) in [6.45, 7) is 8.68. The summed E-state index contributed by atoms with van der Waals surface area (Å²) in [6, 6.07) is 0. The number of aryl methyl sites for hydroxylation is 1. The molecule has 1 aromatic heterocycles. The third-order valence-electron chi connectivity index (χ3n) is 4.05. The van der Waals surface area contributed by atoms with Crippen molar-refractivity contribution in [1.82, 2.24) is 9.97 Å². The Morgan fingerprint density at radius 3 is 2.24 bits per heavy atom. The van der Waals surface area contributed by atoms with Crippen LogP contribution in [0.4, 0.5) is 0 Å². The predicted molar refractivity (Wildman–Crippen MR) is 71.5 cm³/mol. The molecule has 0 bridgehead atoms. The number of halogens is 1. The van der Waals surface area contributed by atoms with E-state index in [9.17, 15) is 0 Å². The van der Waals surface area contributed by atoms with Gasteiger partial charge in [-0.2, -0.15) is 0 Å². The molecule has 0 aromatic carbocycles. The summed E-state index contributed by atoms with van der Waals surface area (Å²) in [6.07, 6.45) is 4.88. The van der Waals surface area contributed by atoms with Gasteiger partial charge in [0.25, 0.3) is 0 Å². The van der Waals surface area contributed by atoms with E-state index in [1.807, 2.05) is 13.8 Å². The zero-order valence-electron chi connectivity index (χ0n) is 11.2. The van der Waals surface area contributed by atoms with Crippen LogP contribution in [-0.2, 0) is 0 Å². The van der Waals surface area contributed by atoms with Crippen LogP contribution in [0.3, 0.4) is 0 Å². The molecule has 0 saturated heterocycles. The molecule has 1 aliphatic rings. The Hall–Kier alpha value is -0.630. The zero-order chi connectivity index (χ0) is 12.6. The second-order valence-electron chi connectivity index (χ2n) is 6.02. The normalized spacial score (nSPS) is 20.5. The van der Waals surface area contributed by atoms with E-state index in [1.54, 1.807) is 0 Å². The molecule has 1 heterocycles. The van der Waals surface area contributed by atoms with Gasteiger partial charge in [0.1, 0.15) is 11.0 Å². The minimum Gasteiger partial charge on any atom is -0.238 e. The molecule has 94 valence electrons. The second kappa shape index (κ2) is 4.56. The van der Waals surface area contributed by atoms with Gasteiger partial charge >= 0.3 is 0 Å². The van der Waals surface area contributed by atoms with Gasteiger partial charge in [-0.25, -0.2) is 9.97 Å². The summed E-state index contributed by atoms with van der Waals surface area (Å²) in [5, 5.41) is 0.623. The maximum Gasteiger partial charge on any atom is 0.135 e.